The van der Waals surface area contributed by atoms with Crippen LogP contribution in [-0.2, 0) is 22.6 Å². The molecule has 0 saturated heterocycles. The molecule has 0 heterocycles. The van der Waals surface area contributed by atoms with Crippen molar-refractivity contribution in [3.63, 3.8) is 0 Å². The highest BCUT2D eigenvalue weighted by atomic mass is 79.9. The van der Waals surface area contributed by atoms with E-state index in [1.54, 1.807) is 19.2 Å². The minimum Gasteiger partial charge on any atom is -0.493 e. The van der Waals surface area contributed by atoms with Crippen LogP contribution in [0.3, 0.4) is 0 Å². The lowest BCUT2D eigenvalue weighted by Crippen LogP contribution is -2.29. The van der Waals surface area contributed by atoms with Crippen LogP contribution in [0.5, 0.6) is 11.5 Å². The summed E-state index contributed by atoms with van der Waals surface area (Å²) in [6.07, 6.45) is -0.812. The van der Waals surface area contributed by atoms with Crippen molar-refractivity contribution >= 4 is 21.9 Å². The molecule has 0 saturated carbocycles. The zero-order valence-corrected chi connectivity index (χ0v) is 16.7. The number of methoxy groups -OCH3 is 1. The predicted octanol–water partition coefficient (Wildman–Crippen LogP) is 4.46. The quantitative estimate of drug-likeness (QED) is 0.646. The third kappa shape index (κ3) is 6.04. The summed E-state index contributed by atoms with van der Waals surface area (Å²) in [6, 6.07) is 13.2. The molecule has 0 amide bonds. The summed E-state index contributed by atoms with van der Waals surface area (Å²) in [5, 5.41) is 9.35. The fourth-order valence-corrected chi connectivity index (χ4v) is 2.93. The van der Waals surface area contributed by atoms with E-state index in [9.17, 15) is 9.90 Å². The molecule has 6 heteroatoms. The molecule has 0 fully saturated rings. The highest BCUT2D eigenvalue weighted by molar-refractivity contribution is 9.10. The summed E-state index contributed by atoms with van der Waals surface area (Å²) in [5.74, 6) is 0.185. The Morgan fingerprint density at radius 3 is 2.50 bits per heavy atom. The van der Waals surface area contributed by atoms with Crippen molar-refractivity contribution in [2.75, 3.05) is 7.11 Å². The Bertz CT molecular complexity index is 745. The van der Waals surface area contributed by atoms with Crippen LogP contribution in [0.25, 0.3) is 0 Å². The normalized spacial score (nSPS) is 12.0. The number of aliphatic carboxylic acids is 1. The molecule has 5 nitrogen and oxygen atoms in total. The SMILES string of the molecule is COc1ccc(CC(OC(C)C)C(=O)O)cc1OCc1cccc(Br)c1. The molecule has 0 aliphatic heterocycles. The predicted molar refractivity (Wildman–Crippen MR) is 103 cm³/mol. The van der Waals surface area contributed by atoms with E-state index in [4.69, 9.17) is 14.2 Å². The third-order valence-electron chi connectivity index (χ3n) is 3.64. The number of rotatable bonds is 9. The second kappa shape index (κ2) is 9.59. The number of benzene rings is 2. The number of carboxylic acid groups (broad SMARTS) is 1. The van der Waals surface area contributed by atoms with Gasteiger partial charge in [0.1, 0.15) is 6.61 Å². The molecule has 26 heavy (non-hydrogen) atoms. The summed E-state index contributed by atoms with van der Waals surface area (Å²) in [7, 11) is 1.57. The van der Waals surface area contributed by atoms with E-state index in [-0.39, 0.29) is 12.5 Å². The first kappa shape index (κ1) is 20.3. The maximum atomic E-state index is 11.4. The summed E-state index contributed by atoms with van der Waals surface area (Å²) in [4.78, 5) is 11.4. The van der Waals surface area contributed by atoms with Gasteiger partial charge in [0.25, 0.3) is 0 Å². The molecule has 0 bridgehead atoms. The summed E-state index contributed by atoms with van der Waals surface area (Å²) >= 11 is 3.44. The van der Waals surface area contributed by atoms with Crippen LogP contribution in [0.4, 0.5) is 0 Å². The number of hydrogen-bond donors (Lipinski definition) is 1. The topological polar surface area (TPSA) is 65.0 Å². The number of ether oxygens (including phenoxy) is 3. The maximum absolute atomic E-state index is 11.4. The van der Waals surface area contributed by atoms with Crippen molar-refractivity contribution in [2.45, 2.75) is 39.1 Å². The van der Waals surface area contributed by atoms with Crippen molar-refractivity contribution < 1.29 is 24.1 Å². The summed E-state index contributed by atoms with van der Waals surface area (Å²) < 4.78 is 17.7. The van der Waals surface area contributed by atoms with Gasteiger partial charge in [0.15, 0.2) is 17.6 Å². The van der Waals surface area contributed by atoms with E-state index >= 15 is 0 Å². The average molecular weight is 423 g/mol. The first-order chi connectivity index (χ1) is 12.4. The van der Waals surface area contributed by atoms with E-state index in [0.29, 0.717) is 18.1 Å². The molecule has 0 aliphatic carbocycles. The molecule has 1 atom stereocenters. The molecule has 0 spiro atoms. The first-order valence-electron chi connectivity index (χ1n) is 8.31. The van der Waals surface area contributed by atoms with E-state index in [1.807, 2.05) is 44.2 Å². The standard InChI is InChI=1S/C20H23BrO5/c1-13(2)26-19(20(22)23)11-14-7-8-17(24-3)18(10-14)25-12-15-5-4-6-16(21)9-15/h4-10,13,19H,11-12H2,1-3H3,(H,22,23). The van der Waals surface area contributed by atoms with Crippen LogP contribution >= 0.6 is 15.9 Å². The van der Waals surface area contributed by atoms with Crippen LogP contribution in [0.2, 0.25) is 0 Å². The lowest BCUT2D eigenvalue weighted by atomic mass is 10.1. The zero-order chi connectivity index (χ0) is 19.1. The Hall–Kier alpha value is -2.05. The van der Waals surface area contributed by atoms with Gasteiger partial charge in [-0.3, -0.25) is 0 Å². The highest BCUT2D eigenvalue weighted by Gasteiger charge is 2.21. The van der Waals surface area contributed by atoms with Gasteiger partial charge in [-0.15, -0.1) is 0 Å². The van der Waals surface area contributed by atoms with Crippen molar-refractivity contribution in [1.29, 1.82) is 0 Å². The van der Waals surface area contributed by atoms with Crippen molar-refractivity contribution in [3.8, 4) is 11.5 Å². The Labute approximate surface area is 162 Å². The highest BCUT2D eigenvalue weighted by Crippen LogP contribution is 2.30. The van der Waals surface area contributed by atoms with Crippen LogP contribution in [0, 0.1) is 0 Å². The van der Waals surface area contributed by atoms with Gasteiger partial charge in [-0.25, -0.2) is 4.79 Å². The monoisotopic (exact) mass is 422 g/mol. The van der Waals surface area contributed by atoms with Crippen molar-refractivity contribution in [2.24, 2.45) is 0 Å². The van der Waals surface area contributed by atoms with Crippen molar-refractivity contribution in [3.05, 3.63) is 58.1 Å². The molecule has 2 aromatic rings. The van der Waals surface area contributed by atoms with Gasteiger partial charge in [-0.05, 0) is 49.2 Å². The van der Waals surface area contributed by atoms with Gasteiger partial charge in [0.2, 0.25) is 0 Å². The minimum atomic E-state index is -0.980. The van der Waals surface area contributed by atoms with E-state index < -0.39 is 12.1 Å². The molecule has 2 rings (SSSR count). The fourth-order valence-electron chi connectivity index (χ4n) is 2.48. The van der Waals surface area contributed by atoms with Gasteiger partial charge in [-0.1, -0.05) is 34.1 Å². The maximum Gasteiger partial charge on any atom is 0.333 e. The molecule has 140 valence electrons. The van der Waals surface area contributed by atoms with Gasteiger partial charge in [0.05, 0.1) is 13.2 Å². The first-order valence-corrected chi connectivity index (χ1v) is 9.10. The molecule has 2 aromatic carbocycles. The average Bonchev–Trinajstić information content (AvgIpc) is 2.59. The minimum absolute atomic E-state index is 0.165. The third-order valence-corrected chi connectivity index (χ3v) is 4.14. The van der Waals surface area contributed by atoms with Crippen LogP contribution < -0.4 is 9.47 Å². The van der Waals surface area contributed by atoms with Gasteiger partial charge < -0.3 is 19.3 Å². The molecule has 1 N–H and O–H groups in total. The Balaban J connectivity index is 2.15. The lowest BCUT2D eigenvalue weighted by molar-refractivity contribution is -0.153. The van der Waals surface area contributed by atoms with E-state index in [1.165, 1.54) is 0 Å². The molecule has 0 aliphatic rings. The smallest absolute Gasteiger partial charge is 0.333 e. The van der Waals surface area contributed by atoms with Crippen molar-refractivity contribution in [1.82, 2.24) is 0 Å². The Kier molecular flexibility index (Phi) is 7.48. The van der Waals surface area contributed by atoms with Crippen LogP contribution in [0.1, 0.15) is 25.0 Å². The van der Waals surface area contributed by atoms with E-state index in [0.717, 1.165) is 15.6 Å². The van der Waals surface area contributed by atoms with Gasteiger partial charge in [0, 0.05) is 10.9 Å². The largest absolute Gasteiger partial charge is 0.493 e. The van der Waals surface area contributed by atoms with Gasteiger partial charge in [-0.2, -0.15) is 0 Å². The number of hydrogen-bond acceptors (Lipinski definition) is 4. The van der Waals surface area contributed by atoms with Crippen LogP contribution in [0.15, 0.2) is 46.9 Å². The number of carboxylic acids is 1. The molecular formula is C20H23BrO5. The molecule has 1 unspecified atom stereocenters. The second-order valence-corrected chi connectivity index (χ2v) is 7.04. The molecule has 0 aromatic heterocycles. The Morgan fingerprint density at radius 1 is 1.12 bits per heavy atom. The molecule has 0 radical (unpaired) electrons. The number of carbonyl (C=O) groups is 1. The fraction of sp³-hybridized carbons (Fsp3) is 0.350. The second-order valence-electron chi connectivity index (χ2n) is 6.12. The lowest BCUT2D eigenvalue weighted by Gasteiger charge is -2.18. The molecular weight excluding hydrogens is 400 g/mol. The Morgan fingerprint density at radius 2 is 1.88 bits per heavy atom. The zero-order valence-electron chi connectivity index (χ0n) is 15.1. The summed E-state index contributed by atoms with van der Waals surface area (Å²) in [5.41, 5.74) is 1.82. The van der Waals surface area contributed by atoms with E-state index in [2.05, 4.69) is 15.9 Å². The van der Waals surface area contributed by atoms with Gasteiger partial charge >= 0.3 is 5.97 Å². The van der Waals surface area contributed by atoms with Crippen LogP contribution in [-0.4, -0.2) is 30.4 Å². The summed E-state index contributed by atoms with van der Waals surface area (Å²) in [6.45, 7) is 4.01. The number of halogens is 1.